The van der Waals surface area contributed by atoms with Crippen LogP contribution >= 0.6 is 0 Å². The second-order valence-electron chi connectivity index (χ2n) is 13.2. The Morgan fingerprint density at radius 2 is 1.48 bits per heavy atom. The molecule has 252 valence electrons. The van der Waals surface area contributed by atoms with Crippen LogP contribution in [-0.4, -0.2) is 52.1 Å². The molecule has 1 unspecified atom stereocenters. The fourth-order valence-electron chi connectivity index (χ4n) is 5.20. The predicted molar refractivity (Wildman–Crippen MR) is 188 cm³/mol. The Morgan fingerprint density at radius 1 is 0.854 bits per heavy atom. The minimum absolute atomic E-state index is 0.0384. The fraction of sp³-hybridized carbons (Fsp3) is 0.359. The van der Waals surface area contributed by atoms with Gasteiger partial charge in [-0.2, -0.15) is 0 Å². The van der Waals surface area contributed by atoms with Crippen molar-refractivity contribution in [2.45, 2.75) is 71.8 Å². The lowest BCUT2D eigenvalue weighted by molar-refractivity contribution is -0.137. The lowest BCUT2D eigenvalue weighted by atomic mass is 9.86. The maximum absolute atomic E-state index is 13.1. The van der Waals surface area contributed by atoms with Crippen LogP contribution in [0.1, 0.15) is 75.4 Å². The van der Waals surface area contributed by atoms with E-state index < -0.39 is 17.9 Å². The van der Waals surface area contributed by atoms with Gasteiger partial charge in [0.05, 0.1) is 13.0 Å². The summed E-state index contributed by atoms with van der Waals surface area (Å²) in [6.07, 6.45) is 5.86. The predicted octanol–water partition coefficient (Wildman–Crippen LogP) is 6.86. The van der Waals surface area contributed by atoms with Crippen molar-refractivity contribution in [2.24, 2.45) is 5.92 Å². The molecule has 0 fully saturated rings. The van der Waals surface area contributed by atoms with Gasteiger partial charge in [-0.3, -0.25) is 14.4 Å². The maximum Gasteiger partial charge on any atom is 0.305 e. The van der Waals surface area contributed by atoms with Gasteiger partial charge in [-0.15, -0.1) is 0 Å². The highest BCUT2D eigenvalue weighted by atomic mass is 16.5. The number of hydrogen-bond acceptors (Lipinski definition) is 6. The van der Waals surface area contributed by atoms with Crippen molar-refractivity contribution in [1.29, 1.82) is 0 Å². The molecule has 1 aromatic heterocycles. The lowest BCUT2D eigenvalue weighted by Crippen LogP contribution is -2.48. The Balaban J connectivity index is 1.42. The van der Waals surface area contributed by atoms with E-state index >= 15 is 0 Å². The first-order chi connectivity index (χ1) is 22.9. The molecule has 4 aromatic rings. The average molecular weight is 651 g/mol. The van der Waals surface area contributed by atoms with Crippen LogP contribution in [0.5, 0.6) is 5.75 Å². The standard InChI is InChI=1S/C39H46N4O5/c1-6-7-26(2)25-48-33-18-14-28(15-19-33)31-23-41-36(42-24-31)29-10-8-27(9-11-29)22-34(38(47)40-21-20-35(44)45)43-37(46)30-12-16-32(17-13-30)39(3,4)5/h8-19,23-24,26,34H,6-7,20-22,25H2,1-5H3,(H,40,47)(H,43,46)(H,44,45)/t26?,34-/m0/s1. The topological polar surface area (TPSA) is 131 Å². The molecule has 1 heterocycles. The van der Waals surface area contributed by atoms with Crippen molar-refractivity contribution in [2.75, 3.05) is 13.2 Å². The summed E-state index contributed by atoms with van der Waals surface area (Å²) in [4.78, 5) is 46.4. The molecule has 3 N–H and O–H groups in total. The van der Waals surface area contributed by atoms with Crippen molar-refractivity contribution >= 4 is 17.8 Å². The molecule has 0 saturated carbocycles. The minimum Gasteiger partial charge on any atom is -0.493 e. The summed E-state index contributed by atoms with van der Waals surface area (Å²) in [7, 11) is 0. The molecule has 4 rings (SSSR count). The highest BCUT2D eigenvalue weighted by molar-refractivity contribution is 5.97. The van der Waals surface area contributed by atoms with E-state index in [1.807, 2.05) is 60.7 Å². The second kappa shape index (κ2) is 16.7. The summed E-state index contributed by atoms with van der Waals surface area (Å²) in [5.41, 5.74) is 4.96. The number of carbonyl (C=O) groups excluding carboxylic acids is 2. The fourth-order valence-corrected chi connectivity index (χ4v) is 5.20. The summed E-state index contributed by atoms with van der Waals surface area (Å²) in [6.45, 7) is 11.3. The highest BCUT2D eigenvalue weighted by Gasteiger charge is 2.23. The number of aromatic nitrogens is 2. The molecule has 48 heavy (non-hydrogen) atoms. The third-order valence-corrected chi connectivity index (χ3v) is 8.08. The molecule has 0 aliphatic rings. The Bertz CT molecular complexity index is 1650. The molecule has 2 atom stereocenters. The number of carbonyl (C=O) groups is 3. The zero-order chi connectivity index (χ0) is 34.7. The van der Waals surface area contributed by atoms with E-state index in [4.69, 9.17) is 9.84 Å². The molecule has 0 radical (unpaired) electrons. The van der Waals surface area contributed by atoms with Crippen molar-refractivity contribution in [3.8, 4) is 28.3 Å². The van der Waals surface area contributed by atoms with Gasteiger partial charge >= 0.3 is 5.97 Å². The molecule has 0 aliphatic carbocycles. The van der Waals surface area contributed by atoms with Crippen molar-refractivity contribution in [3.63, 3.8) is 0 Å². The summed E-state index contributed by atoms with van der Waals surface area (Å²) in [5, 5.41) is 14.5. The molecule has 9 nitrogen and oxygen atoms in total. The van der Waals surface area contributed by atoms with Gasteiger partial charge in [0, 0.05) is 42.0 Å². The van der Waals surface area contributed by atoms with E-state index in [0.29, 0.717) is 23.9 Å². The van der Waals surface area contributed by atoms with E-state index in [1.165, 1.54) is 0 Å². The maximum atomic E-state index is 13.1. The molecule has 0 aliphatic heterocycles. The first-order valence-electron chi connectivity index (χ1n) is 16.5. The lowest BCUT2D eigenvalue weighted by Gasteiger charge is -2.20. The monoisotopic (exact) mass is 650 g/mol. The van der Waals surface area contributed by atoms with Crippen LogP contribution in [0.4, 0.5) is 0 Å². The third kappa shape index (κ3) is 10.5. The number of nitrogens with zero attached hydrogens (tertiary/aromatic N) is 2. The Labute approximate surface area is 283 Å². The smallest absolute Gasteiger partial charge is 0.305 e. The van der Waals surface area contributed by atoms with Gasteiger partial charge in [0.2, 0.25) is 5.91 Å². The number of benzene rings is 3. The first kappa shape index (κ1) is 35.8. The largest absolute Gasteiger partial charge is 0.493 e. The molecule has 0 bridgehead atoms. The number of rotatable bonds is 15. The van der Waals surface area contributed by atoms with Gasteiger partial charge in [-0.1, -0.05) is 89.6 Å². The summed E-state index contributed by atoms with van der Waals surface area (Å²) in [6, 6.07) is 21.8. The Kier molecular flexibility index (Phi) is 12.4. The van der Waals surface area contributed by atoms with Gasteiger partial charge in [0.25, 0.3) is 5.91 Å². The zero-order valence-electron chi connectivity index (χ0n) is 28.5. The molecule has 0 saturated heterocycles. The van der Waals surface area contributed by atoms with E-state index in [0.717, 1.165) is 46.4 Å². The zero-order valence-corrected chi connectivity index (χ0v) is 28.5. The van der Waals surface area contributed by atoms with Crippen LogP contribution in [0, 0.1) is 5.92 Å². The van der Waals surface area contributed by atoms with Crippen LogP contribution in [0.3, 0.4) is 0 Å². The van der Waals surface area contributed by atoms with E-state index in [1.54, 1.807) is 24.5 Å². The summed E-state index contributed by atoms with van der Waals surface area (Å²) >= 11 is 0. The third-order valence-electron chi connectivity index (χ3n) is 8.08. The Morgan fingerprint density at radius 3 is 2.06 bits per heavy atom. The summed E-state index contributed by atoms with van der Waals surface area (Å²) in [5.74, 6) is 0.0611. The number of nitrogens with one attached hydrogen (secondary N) is 2. The summed E-state index contributed by atoms with van der Waals surface area (Å²) < 4.78 is 5.92. The number of ether oxygens (including phenoxy) is 1. The van der Waals surface area contributed by atoms with Gasteiger partial charge in [-0.05, 0) is 58.7 Å². The van der Waals surface area contributed by atoms with E-state index in [-0.39, 0.29) is 30.7 Å². The molecule has 3 aromatic carbocycles. The van der Waals surface area contributed by atoms with Crippen molar-refractivity contribution in [1.82, 2.24) is 20.6 Å². The minimum atomic E-state index is -1.02. The second-order valence-corrected chi connectivity index (χ2v) is 13.2. The van der Waals surface area contributed by atoms with Crippen LogP contribution < -0.4 is 15.4 Å². The van der Waals surface area contributed by atoms with E-state index in [2.05, 4.69) is 55.2 Å². The number of carboxylic acid groups (broad SMARTS) is 1. The number of carboxylic acids is 1. The van der Waals surface area contributed by atoms with Crippen LogP contribution in [0.15, 0.2) is 85.2 Å². The van der Waals surface area contributed by atoms with Crippen LogP contribution in [0.2, 0.25) is 0 Å². The number of amides is 2. The quantitative estimate of drug-likeness (QED) is 0.128. The Hall–Kier alpha value is -5.05. The van der Waals surface area contributed by atoms with Crippen molar-refractivity contribution < 1.29 is 24.2 Å². The number of hydrogen-bond donors (Lipinski definition) is 3. The molecule has 0 spiro atoms. The van der Waals surface area contributed by atoms with Gasteiger partial charge < -0.3 is 20.5 Å². The first-order valence-corrected chi connectivity index (χ1v) is 16.5. The van der Waals surface area contributed by atoms with Crippen molar-refractivity contribution in [3.05, 3.63) is 102 Å². The normalized spacial score (nSPS) is 12.5. The van der Waals surface area contributed by atoms with E-state index in [9.17, 15) is 14.4 Å². The van der Waals surface area contributed by atoms with Gasteiger partial charge in [-0.25, -0.2) is 9.97 Å². The van der Waals surface area contributed by atoms with Gasteiger partial charge in [0.1, 0.15) is 11.8 Å². The highest BCUT2D eigenvalue weighted by Crippen LogP contribution is 2.25. The SMILES string of the molecule is CCCC(C)COc1ccc(-c2cnc(-c3ccc(C[C@H](NC(=O)c4ccc(C(C)(C)C)cc4)C(=O)NCCC(=O)O)cc3)nc2)cc1. The number of aliphatic carboxylic acids is 1. The van der Waals surface area contributed by atoms with Gasteiger partial charge in [0.15, 0.2) is 5.82 Å². The van der Waals surface area contributed by atoms with Crippen LogP contribution in [-0.2, 0) is 21.4 Å². The molecular formula is C39H46N4O5. The molecular weight excluding hydrogens is 604 g/mol. The van der Waals surface area contributed by atoms with Crippen LogP contribution in [0.25, 0.3) is 22.5 Å². The molecule has 2 amide bonds. The molecule has 9 heteroatoms. The average Bonchev–Trinajstić information content (AvgIpc) is 3.07.